The molecule has 0 heterocycles. The summed E-state index contributed by atoms with van der Waals surface area (Å²) in [6.07, 6.45) is 0. The van der Waals surface area contributed by atoms with Gasteiger partial charge in [-0.15, -0.1) is 0 Å². The van der Waals surface area contributed by atoms with Crippen LogP contribution in [0.15, 0.2) is 47.6 Å². The molecule has 0 fully saturated rings. The normalized spacial score (nSPS) is 11.1. The van der Waals surface area contributed by atoms with Crippen molar-refractivity contribution in [2.45, 2.75) is 6.92 Å². The fourth-order valence-electron chi connectivity index (χ4n) is 1.83. The highest BCUT2D eigenvalue weighted by Crippen LogP contribution is 2.20. The van der Waals surface area contributed by atoms with Crippen molar-refractivity contribution < 1.29 is 19.9 Å². The highest BCUT2D eigenvalue weighted by Gasteiger charge is 2.10. The first-order valence-electron chi connectivity index (χ1n) is 6.49. The van der Waals surface area contributed by atoms with Gasteiger partial charge in [-0.2, -0.15) is 5.10 Å². The molecule has 0 spiro atoms. The Balaban J connectivity index is 2.17. The number of carbonyl (C=O) groups excluding carboxylic acids is 1. The lowest BCUT2D eigenvalue weighted by atomic mass is 10.1. The van der Waals surface area contributed by atoms with E-state index in [0.29, 0.717) is 11.3 Å². The number of carbonyl (C=O) groups is 1. The summed E-state index contributed by atoms with van der Waals surface area (Å²) >= 11 is 0. The molecule has 1 amide bonds. The highest BCUT2D eigenvalue weighted by atomic mass is 16.6. The van der Waals surface area contributed by atoms with Gasteiger partial charge in [0.2, 0.25) is 0 Å². The van der Waals surface area contributed by atoms with Crippen LogP contribution in [0.3, 0.4) is 0 Å². The second kappa shape index (κ2) is 6.56. The van der Waals surface area contributed by atoms with Crippen molar-refractivity contribution in [3.05, 3.63) is 63.7 Å². The number of benzene rings is 2. The maximum absolute atomic E-state index is 11.9. The molecule has 0 atom stereocenters. The van der Waals surface area contributed by atoms with Crippen LogP contribution in [0, 0.1) is 10.1 Å². The Kier molecular flexibility index (Phi) is 4.55. The third kappa shape index (κ3) is 4.03. The molecule has 2 rings (SSSR count). The van der Waals surface area contributed by atoms with Crippen LogP contribution in [-0.2, 0) is 0 Å². The average molecular weight is 315 g/mol. The molecule has 8 heteroatoms. The molecule has 2 aromatic carbocycles. The molecule has 0 aliphatic heterocycles. The zero-order valence-electron chi connectivity index (χ0n) is 12.1. The molecule has 0 radical (unpaired) electrons. The lowest BCUT2D eigenvalue weighted by Gasteiger charge is -2.04. The van der Waals surface area contributed by atoms with Gasteiger partial charge in [-0.1, -0.05) is 12.1 Å². The average Bonchev–Trinajstić information content (AvgIpc) is 2.51. The van der Waals surface area contributed by atoms with Gasteiger partial charge < -0.3 is 10.2 Å². The van der Waals surface area contributed by atoms with E-state index in [1.165, 1.54) is 30.3 Å². The van der Waals surface area contributed by atoms with Gasteiger partial charge in [0.05, 0.1) is 10.6 Å². The van der Waals surface area contributed by atoms with Gasteiger partial charge in [0.25, 0.3) is 11.6 Å². The van der Waals surface area contributed by atoms with Crippen LogP contribution in [0.4, 0.5) is 5.69 Å². The van der Waals surface area contributed by atoms with E-state index in [4.69, 9.17) is 0 Å². The molecule has 23 heavy (non-hydrogen) atoms. The maximum atomic E-state index is 11.9. The molecule has 0 aliphatic carbocycles. The fraction of sp³-hybridized carbons (Fsp3) is 0.0667. The molecule has 0 aromatic heterocycles. The smallest absolute Gasteiger partial charge is 0.271 e. The number of nitrogens with one attached hydrogen (secondary N) is 1. The van der Waals surface area contributed by atoms with Crippen molar-refractivity contribution in [2.75, 3.05) is 0 Å². The Hall–Kier alpha value is -3.42. The monoisotopic (exact) mass is 315 g/mol. The van der Waals surface area contributed by atoms with E-state index in [9.17, 15) is 25.1 Å². The fourth-order valence-corrected chi connectivity index (χ4v) is 1.83. The Labute approximate surface area is 130 Å². The van der Waals surface area contributed by atoms with Gasteiger partial charge in [-0.05, 0) is 19.1 Å². The summed E-state index contributed by atoms with van der Waals surface area (Å²) in [5.74, 6) is -1.15. The van der Waals surface area contributed by atoms with Crippen molar-refractivity contribution in [1.82, 2.24) is 5.43 Å². The summed E-state index contributed by atoms with van der Waals surface area (Å²) in [4.78, 5) is 22.1. The summed E-state index contributed by atoms with van der Waals surface area (Å²) < 4.78 is 0. The molecule has 2 aromatic rings. The number of nitro benzene ring substituents is 1. The molecule has 0 unspecified atom stereocenters. The number of non-ortho nitro benzene ring substituents is 1. The highest BCUT2D eigenvalue weighted by molar-refractivity contribution is 6.01. The second-order valence-corrected chi connectivity index (χ2v) is 4.68. The summed E-state index contributed by atoms with van der Waals surface area (Å²) in [5, 5.41) is 33.3. The zero-order valence-corrected chi connectivity index (χ0v) is 12.1. The molecule has 0 saturated heterocycles. The molecule has 118 valence electrons. The number of phenols is 2. The quantitative estimate of drug-likeness (QED) is 0.453. The maximum Gasteiger partial charge on any atom is 0.271 e. The van der Waals surface area contributed by atoms with Crippen molar-refractivity contribution in [1.29, 1.82) is 0 Å². The van der Waals surface area contributed by atoms with Crippen LogP contribution >= 0.6 is 0 Å². The van der Waals surface area contributed by atoms with E-state index < -0.39 is 10.8 Å². The lowest BCUT2D eigenvalue weighted by molar-refractivity contribution is -0.384. The van der Waals surface area contributed by atoms with Crippen LogP contribution in [-0.4, -0.2) is 26.8 Å². The van der Waals surface area contributed by atoms with E-state index in [1.54, 1.807) is 13.0 Å². The predicted molar refractivity (Wildman–Crippen MR) is 82.5 cm³/mol. The van der Waals surface area contributed by atoms with E-state index in [2.05, 4.69) is 10.5 Å². The Morgan fingerprint density at radius 1 is 1.13 bits per heavy atom. The number of amides is 1. The third-order valence-electron chi connectivity index (χ3n) is 2.96. The van der Waals surface area contributed by atoms with Crippen molar-refractivity contribution in [3.8, 4) is 11.5 Å². The van der Waals surface area contributed by atoms with E-state index >= 15 is 0 Å². The van der Waals surface area contributed by atoms with E-state index in [1.807, 2.05) is 0 Å². The standard InChI is InChI=1S/C15H13N3O5/c1-9(10-3-2-4-12(5-10)18(22)23)16-17-15(21)11-6-13(19)8-14(20)7-11/h2-8,19-20H,1H3,(H,17,21). The SMILES string of the molecule is CC(=NNC(=O)c1cc(O)cc(O)c1)c1cccc([N+](=O)[O-])c1. The van der Waals surface area contributed by atoms with Crippen LogP contribution in [0.5, 0.6) is 11.5 Å². The first kappa shape index (κ1) is 16.0. The minimum atomic E-state index is -0.638. The topological polar surface area (TPSA) is 125 Å². The van der Waals surface area contributed by atoms with Crippen molar-refractivity contribution in [2.24, 2.45) is 5.10 Å². The Bertz CT molecular complexity index is 781. The first-order valence-corrected chi connectivity index (χ1v) is 6.49. The molecule has 3 N–H and O–H groups in total. The first-order chi connectivity index (χ1) is 10.9. The minimum absolute atomic E-state index is 0.0260. The molecule has 8 nitrogen and oxygen atoms in total. The van der Waals surface area contributed by atoms with Gasteiger partial charge in [-0.3, -0.25) is 14.9 Å². The number of nitro groups is 1. The third-order valence-corrected chi connectivity index (χ3v) is 2.96. The minimum Gasteiger partial charge on any atom is -0.508 e. The molecular weight excluding hydrogens is 302 g/mol. The predicted octanol–water partition coefficient (Wildman–Crippen LogP) is 2.16. The van der Waals surface area contributed by atoms with Crippen LogP contribution in [0.25, 0.3) is 0 Å². The summed E-state index contributed by atoms with van der Waals surface area (Å²) in [6, 6.07) is 9.27. The number of hydrazone groups is 1. The molecule has 0 bridgehead atoms. The van der Waals surface area contributed by atoms with Gasteiger partial charge in [0.15, 0.2) is 0 Å². The van der Waals surface area contributed by atoms with Crippen LogP contribution in [0.2, 0.25) is 0 Å². The molecule has 0 saturated carbocycles. The number of aromatic hydroxyl groups is 2. The van der Waals surface area contributed by atoms with Crippen LogP contribution < -0.4 is 5.43 Å². The van der Waals surface area contributed by atoms with Crippen molar-refractivity contribution in [3.63, 3.8) is 0 Å². The lowest BCUT2D eigenvalue weighted by Crippen LogP contribution is -2.19. The zero-order chi connectivity index (χ0) is 17.0. The summed E-state index contributed by atoms with van der Waals surface area (Å²) in [7, 11) is 0. The number of hydrogen-bond acceptors (Lipinski definition) is 6. The van der Waals surface area contributed by atoms with Gasteiger partial charge in [-0.25, -0.2) is 5.43 Å². The van der Waals surface area contributed by atoms with E-state index in [-0.39, 0.29) is 22.7 Å². The van der Waals surface area contributed by atoms with Crippen LogP contribution in [0.1, 0.15) is 22.8 Å². The number of hydrogen-bond donors (Lipinski definition) is 3. The van der Waals surface area contributed by atoms with E-state index in [0.717, 1.165) is 6.07 Å². The van der Waals surface area contributed by atoms with Gasteiger partial charge in [0, 0.05) is 29.3 Å². The number of rotatable bonds is 4. The Morgan fingerprint density at radius 3 is 2.39 bits per heavy atom. The number of nitrogens with zero attached hydrogens (tertiary/aromatic N) is 2. The summed E-state index contributed by atoms with van der Waals surface area (Å²) in [6.45, 7) is 1.58. The van der Waals surface area contributed by atoms with Gasteiger partial charge in [0.1, 0.15) is 11.5 Å². The van der Waals surface area contributed by atoms with Gasteiger partial charge >= 0.3 is 0 Å². The molecular formula is C15H13N3O5. The molecule has 0 aliphatic rings. The van der Waals surface area contributed by atoms with Crippen molar-refractivity contribution >= 4 is 17.3 Å². The number of phenolic OH excluding ortho intramolecular Hbond substituents is 2. The largest absolute Gasteiger partial charge is 0.508 e. The Morgan fingerprint density at radius 2 is 1.78 bits per heavy atom. The summed E-state index contributed by atoms with van der Waals surface area (Å²) in [5.41, 5.74) is 3.05. The second-order valence-electron chi connectivity index (χ2n) is 4.68.